The van der Waals surface area contributed by atoms with Crippen LogP contribution >= 0.6 is 11.3 Å². The molecule has 0 bridgehead atoms. The fourth-order valence-corrected chi connectivity index (χ4v) is 5.98. The van der Waals surface area contributed by atoms with Gasteiger partial charge in [0.1, 0.15) is 16.6 Å². The van der Waals surface area contributed by atoms with E-state index in [1.165, 1.54) is 11.3 Å². The number of para-hydroxylation sites is 1. The van der Waals surface area contributed by atoms with Gasteiger partial charge in [0.2, 0.25) is 0 Å². The molecule has 35 heavy (non-hydrogen) atoms. The molecule has 4 aromatic rings. The van der Waals surface area contributed by atoms with Gasteiger partial charge in [0.05, 0.1) is 5.56 Å². The number of hydrogen-bond donors (Lipinski definition) is 2. The lowest BCUT2D eigenvalue weighted by Gasteiger charge is -2.11. The molecule has 0 aliphatic heterocycles. The molecule has 1 aliphatic carbocycles. The Morgan fingerprint density at radius 3 is 2.60 bits per heavy atom. The molecule has 0 saturated heterocycles. The first-order valence-corrected chi connectivity index (χ1v) is 12.4. The van der Waals surface area contributed by atoms with Gasteiger partial charge in [0, 0.05) is 34.1 Å². The van der Waals surface area contributed by atoms with Gasteiger partial charge in [-0.15, -0.1) is 11.3 Å². The molecular weight excluding hydrogens is 456 g/mol. The Hall–Kier alpha value is -4.15. The van der Waals surface area contributed by atoms with Gasteiger partial charge < -0.3 is 15.6 Å². The van der Waals surface area contributed by atoms with Gasteiger partial charge in [-0.25, -0.2) is 0 Å². The molecule has 3 N–H and O–H groups in total. The molecule has 0 radical (unpaired) electrons. The van der Waals surface area contributed by atoms with E-state index in [4.69, 9.17) is 5.73 Å². The summed E-state index contributed by atoms with van der Waals surface area (Å²) in [5.41, 5.74) is 9.90. The predicted molar refractivity (Wildman–Crippen MR) is 139 cm³/mol. The number of primary amides is 1. The molecule has 7 heteroatoms. The molecule has 0 unspecified atom stereocenters. The van der Waals surface area contributed by atoms with E-state index in [0.717, 1.165) is 58.2 Å². The number of aryl methyl sites for hydroxylation is 1. The summed E-state index contributed by atoms with van der Waals surface area (Å²) >= 11 is 1.39. The van der Waals surface area contributed by atoms with Crippen molar-refractivity contribution in [1.29, 1.82) is 5.26 Å². The van der Waals surface area contributed by atoms with Crippen molar-refractivity contribution in [2.24, 2.45) is 5.73 Å². The maximum atomic E-state index is 13.1. The maximum absolute atomic E-state index is 13.1. The standard InChI is InChI=1S/C28H24N4O2S/c29-15-19(27(34)31-28-25(26(30)33)22-11-5-7-13-24(22)35-28)14-20-17-32(16-18-8-2-1-3-9-18)23-12-6-4-10-21(20)23/h1-4,6,8-10,12,14,17H,5,7,11,13,16H2,(H2,30,33)(H,31,34)/b19-14+. The third-order valence-corrected chi connectivity index (χ3v) is 7.53. The maximum Gasteiger partial charge on any atom is 0.266 e. The average Bonchev–Trinajstić information content (AvgIpc) is 3.41. The van der Waals surface area contributed by atoms with Crippen LogP contribution in [0.5, 0.6) is 0 Å². The summed E-state index contributed by atoms with van der Waals surface area (Å²) < 4.78 is 2.11. The SMILES string of the molecule is N#C/C(=C\c1cn(Cc2ccccc2)c2ccccc12)C(=O)Nc1sc2c(c1C(N)=O)CCCC2. The molecular formula is C28H24N4O2S. The van der Waals surface area contributed by atoms with Gasteiger partial charge in [0.15, 0.2) is 0 Å². The molecule has 2 amide bonds. The van der Waals surface area contributed by atoms with Crippen molar-refractivity contribution in [2.75, 3.05) is 5.32 Å². The van der Waals surface area contributed by atoms with Crippen LogP contribution in [-0.4, -0.2) is 16.4 Å². The lowest BCUT2D eigenvalue weighted by Crippen LogP contribution is -2.19. The second-order valence-electron chi connectivity index (χ2n) is 8.62. The number of nitrogens with one attached hydrogen (secondary N) is 1. The van der Waals surface area contributed by atoms with Crippen LogP contribution in [-0.2, 0) is 24.2 Å². The second-order valence-corrected chi connectivity index (χ2v) is 9.72. The van der Waals surface area contributed by atoms with Crippen molar-refractivity contribution in [3.63, 3.8) is 0 Å². The molecule has 0 saturated carbocycles. The summed E-state index contributed by atoms with van der Waals surface area (Å²) in [6, 6.07) is 20.1. The van der Waals surface area contributed by atoms with Crippen LogP contribution < -0.4 is 11.1 Å². The normalized spacial score (nSPS) is 13.3. The molecule has 2 heterocycles. The monoisotopic (exact) mass is 480 g/mol. The molecule has 6 nitrogen and oxygen atoms in total. The number of nitrogens with two attached hydrogens (primary N) is 1. The topological polar surface area (TPSA) is 101 Å². The predicted octanol–water partition coefficient (Wildman–Crippen LogP) is 5.27. The summed E-state index contributed by atoms with van der Waals surface area (Å²) in [4.78, 5) is 26.4. The van der Waals surface area contributed by atoms with Crippen LogP contribution in [0.15, 0.2) is 66.4 Å². The van der Waals surface area contributed by atoms with Crippen molar-refractivity contribution in [1.82, 2.24) is 4.57 Å². The number of thiophene rings is 1. The first-order chi connectivity index (χ1) is 17.0. The van der Waals surface area contributed by atoms with E-state index in [2.05, 4.69) is 22.0 Å². The Bertz CT molecular complexity index is 1510. The molecule has 2 aromatic heterocycles. The lowest BCUT2D eigenvalue weighted by molar-refractivity contribution is -0.112. The van der Waals surface area contributed by atoms with Crippen LogP contribution in [0.2, 0.25) is 0 Å². The van der Waals surface area contributed by atoms with Gasteiger partial charge in [-0.2, -0.15) is 5.26 Å². The summed E-state index contributed by atoms with van der Waals surface area (Å²) in [6.45, 7) is 0.673. The van der Waals surface area contributed by atoms with Crippen LogP contribution in [0, 0.1) is 11.3 Å². The molecule has 0 fully saturated rings. The lowest BCUT2D eigenvalue weighted by atomic mass is 9.95. The highest BCUT2D eigenvalue weighted by Crippen LogP contribution is 2.38. The number of aromatic nitrogens is 1. The van der Waals surface area contributed by atoms with Crippen molar-refractivity contribution in [3.8, 4) is 6.07 Å². The molecule has 0 atom stereocenters. The van der Waals surface area contributed by atoms with Crippen LogP contribution in [0.4, 0.5) is 5.00 Å². The Kier molecular flexibility index (Phi) is 6.21. The first kappa shape index (κ1) is 22.6. The largest absolute Gasteiger partial charge is 0.365 e. The Balaban J connectivity index is 1.48. The van der Waals surface area contributed by atoms with Crippen LogP contribution in [0.1, 0.15) is 44.8 Å². The number of amides is 2. The minimum absolute atomic E-state index is 0.0330. The first-order valence-electron chi connectivity index (χ1n) is 11.5. The van der Waals surface area contributed by atoms with E-state index in [1.54, 1.807) is 6.08 Å². The van der Waals surface area contributed by atoms with Gasteiger partial charge in [-0.3, -0.25) is 9.59 Å². The number of carbonyl (C=O) groups excluding carboxylic acids is 2. The van der Waals surface area contributed by atoms with Crippen molar-refractivity contribution < 1.29 is 9.59 Å². The average molecular weight is 481 g/mol. The zero-order valence-electron chi connectivity index (χ0n) is 19.1. The van der Waals surface area contributed by atoms with Gasteiger partial charge in [-0.05, 0) is 49.0 Å². The number of nitrogens with zero attached hydrogens (tertiary/aromatic N) is 2. The van der Waals surface area contributed by atoms with Crippen LogP contribution in [0.3, 0.4) is 0 Å². The summed E-state index contributed by atoms with van der Waals surface area (Å²) in [5.74, 6) is -1.10. The number of benzene rings is 2. The number of rotatable bonds is 6. The van der Waals surface area contributed by atoms with E-state index in [-0.39, 0.29) is 5.57 Å². The minimum Gasteiger partial charge on any atom is -0.365 e. The van der Waals surface area contributed by atoms with E-state index in [9.17, 15) is 14.9 Å². The number of carbonyl (C=O) groups is 2. The van der Waals surface area contributed by atoms with Gasteiger partial charge >= 0.3 is 0 Å². The molecule has 5 rings (SSSR count). The summed E-state index contributed by atoms with van der Waals surface area (Å²) in [7, 11) is 0. The highest BCUT2D eigenvalue weighted by molar-refractivity contribution is 7.17. The van der Waals surface area contributed by atoms with Gasteiger partial charge in [-0.1, -0.05) is 48.5 Å². The third kappa shape index (κ3) is 4.48. The fourth-order valence-electron chi connectivity index (χ4n) is 4.69. The van der Waals surface area contributed by atoms with E-state index >= 15 is 0 Å². The highest BCUT2D eigenvalue weighted by atomic mass is 32.1. The number of nitriles is 1. The van der Waals surface area contributed by atoms with E-state index in [0.29, 0.717) is 17.1 Å². The Morgan fingerprint density at radius 2 is 1.83 bits per heavy atom. The molecule has 0 spiro atoms. The summed E-state index contributed by atoms with van der Waals surface area (Å²) in [6.07, 6.45) is 7.26. The van der Waals surface area contributed by atoms with E-state index < -0.39 is 11.8 Å². The zero-order valence-corrected chi connectivity index (χ0v) is 19.9. The van der Waals surface area contributed by atoms with Crippen molar-refractivity contribution in [2.45, 2.75) is 32.2 Å². The Labute approximate surface area is 207 Å². The minimum atomic E-state index is -0.550. The van der Waals surface area contributed by atoms with E-state index in [1.807, 2.05) is 54.7 Å². The number of anilines is 1. The third-order valence-electron chi connectivity index (χ3n) is 6.32. The Morgan fingerprint density at radius 1 is 1.09 bits per heavy atom. The molecule has 1 aliphatic rings. The quantitative estimate of drug-likeness (QED) is 0.290. The number of fused-ring (bicyclic) bond motifs is 2. The van der Waals surface area contributed by atoms with Crippen molar-refractivity contribution in [3.05, 3.63) is 93.5 Å². The van der Waals surface area contributed by atoms with Crippen molar-refractivity contribution >= 4 is 45.1 Å². The second kappa shape index (κ2) is 9.61. The van der Waals surface area contributed by atoms with Gasteiger partial charge in [0.25, 0.3) is 11.8 Å². The highest BCUT2D eigenvalue weighted by Gasteiger charge is 2.25. The molecule has 2 aromatic carbocycles. The smallest absolute Gasteiger partial charge is 0.266 e. The van der Waals surface area contributed by atoms with Crippen LogP contribution in [0.25, 0.3) is 17.0 Å². The fraction of sp³-hybridized carbons (Fsp3) is 0.179. The summed E-state index contributed by atoms with van der Waals surface area (Å²) in [5, 5.41) is 14.0. The number of hydrogen-bond acceptors (Lipinski definition) is 4. The zero-order chi connectivity index (χ0) is 24.4. The molecule has 174 valence electrons.